The van der Waals surface area contributed by atoms with Gasteiger partial charge in [-0.05, 0) is 30.5 Å². The highest BCUT2D eigenvalue weighted by Gasteiger charge is 2.10. The Bertz CT molecular complexity index is 649. The number of rotatable bonds is 5. The van der Waals surface area contributed by atoms with E-state index in [4.69, 9.17) is 5.11 Å². The molecule has 0 spiro atoms. The zero-order valence-corrected chi connectivity index (χ0v) is 12.2. The number of amides is 1. The predicted molar refractivity (Wildman–Crippen MR) is 79.3 cm³/mol. The van der Waals surface area contributed by atoms with Crippen molar-refractivity contribution in [1.29, 1.82) is 0 Å². The molecule has 1 amide bonds. The zero-order chi connectivity index (χ0) is 14.7. The molecule has 0 aliphatic heterocycles. The number of fused-ring (bicyclic) bond motifs is 1. The molecule has 5 nitrogen and oxygen atoms in total. The molecule has 0 saturated heterocycles. The average molecular weight is 292 g/mol. The first-order valence-corrected chi connectivity index (χ1v) is 7.21. The van der Waals surface area contributed by atoms with Crippen LogP contribution in [0.3, 0.4) is 0 Å². The van der Waals surface area contributed by atoms with E-state index in [9.17, 15) is 9.59 Å². The van der Waals surface area contributed by atoms with Crippen LogP contribution in [-0.2, 0) is 4.79 Å². The van der Waals surface area contributed by atoms with Crippen LogP contribution in [0.1, 0.15) is 37.0 Å². The lowest BCUT2D eigenvalue weighted by molar-refractivity contribution is -0.116. The second-order valence-electron chi connectivity index (χ2n) is 4.99. The Labute approximate surface area is 120 Å². The number of thiazole rings is 1. The van der Waals surface area contributed by atoms with E-state index in [0.29, 0.717) is 23.0 Å². The fourth-order valence-electron chi connectivity index (χ4n) is 1.71. The summed E-state index contributed by atoms with van der Waals surface area (Å²) in [6.07, 6.45) is 1.30. The quantitative estimate of drug-likeness (QED) is 0.885. The van der Waals surface area contributed by atoms with E-state index in [1.807, 2.05) is 0 Å². The van der Waals surface area contributed by atoms with Crippen molar-refractivity contribution < 1.29 is 14.7 Å². The topological polar surface area (TPSA) is 79.3 Å². The molecule has 0 saturated carbocycles. The largest absolute Gasteiger partial charge is 0.478 e. The van der Waals surface area contributed by atoms with Gasteiger partial charge < -0.3 is 10.4 Å². The normalized spacial score (nSPS) is 10.9. The average Bonchev–Trinajstić information content (AvgIpc) is 2.77. The molecular formula is C14H16N2O3S. The van der Waals surface area contributed by atoms with Crippen molar-refractivity contribution in [2.45, 2.75) is 26.7 Å². The Hall–Kier alpha value is -1.95. The van der Waals surface area contributed by atoms with Gasteiger partial charge in [0.05, 0.1) is 15.8 Å². The van der Waals surface area contributed by atoms with Crippen LogP contribution in [0.25, 0.3) is 10.2 Å². The molecule has 0 unspecified atom stereocenters. The number of benzene rings is 1. The van der Waals surface area contributed by atoms with E-state index in [0.717, 1.165) is 11.1 Å². The van der Waals surface area contributed by atoms with Crippen LogP contribution in [0.4, 0.5) is 5.13 Å². The third-order valence-electron chi connectivity index (χ3n) is 2.83. The summed E-state index contributed by atoms with van der Waals surface area (Å²) in [5.41, 5.74) is 0.915. The molecule has 106 valence electrons. The number of anilines is 1. The Morgan fingerprint density at radius 2 is 2.15 bits per heavy atom. The molecule has 6 heteroatoms. The molecule has 0 radical (unpaired) electrons. The highest BCUT2D eigenvalue weighted by atomic mass is 32.1. The van der Waals surface area contributed by atoms with Gasteiger partial charge in [-0.15, -0.1) is 0 Å². The van der Waals surface area contributed by atoms with Crippen LogP contribution in [0.2, 0.25) is 0 Å². The van der Waals surface area contributed by atoms with Gasteiger partial charge in [0.15, 0.2) is 5.13 Å². The standard InChI is InChI=1S/C14H16N2O3S/c1-8(2)3-6-12(17)16-14-15-10-5-4-9(13(18)19)7-11(10)20-14/h4-5,7-8H,3,6H2,1-2H3,(H,18,19)(H,15,16,17). The van der Waals surface area contributed by atoms with Gasteiger partial charge in [0, 0.05) is 6.42 Å². The van der Waals surface area contributed by atoms with Gasteiger partial charge in [0.1, 0.15) is 0 Å². The number of carboxylic acid groups (broad SMARTS) is 1. The van der Waals surface area contributed by atoms with Gasteiger partial charge in [0.25, 0.3) is 0 Å². The predicted octanol–water partition coefficient (Wildman–Crippen LogP) is 3.37. The van der Waals surface area contributed by atoms with E-state index in [1.54, 1.807) is 12.1 Å². The van der Waals surface area contributed by atoms with Crippen molar-refractivity contribution in [3.8, 4) is 0 Å². The summed E-state index contributed by atoms with van der Waals surface area (Å²) < 4.78 is 0.754. The SMILES string of the molecule is CC(C)CCC(=O)Nc1nc2ccc(C(=O)O)cc2s1. The minimum absolute atomic E-state index is 0.0591. The van der Waals surface area contributed by atoms with Crippen LogP contribution >= 0.6 is 11.3 Å². The number of hydrogen-bond acceptors (Lipinski definition) is 4. The van der Waals surface area contributed by atoms with Gasteiger partial charge in [-0.1, -0.05) is 25.2 Å². The molecule has 0 aliphatic carbocycles. The van der Waals surface area contributed by atoms with Gasteiger partial charge in [-0.2, -0.15) is 0 Å². The monoisotopic (exact) mass is 292 g/mol. The van der Waals surface area contributed by atoms with E-state index in [1.165, 1.54) is 17.4 Å². The minimum atomic E-state index is -0.970. The van der Waals surface area contributed by atoms with Crippen molar-refractivity contribution in [1.82, 2.24) is 4.98 Å². The Balaban J connectivity index is 2.11. The molecule has 20 heavy (non-hydrogen) atoms. The Morgan fingerprint density at radius 1 is 1.40 bits per heavy atom. The van der Waals surface area contributed by atoms with Gasteiger partial charge in [-0.25, -0.2) is 9.78 Å². The summed E-state index contributed by atoms with van der Waals surface area (Å²) in [5.74, 6) is -0.548. The zero-order valence-electron chi connectivity index (χ0n) is 11.3. The van der Waals surface area contributed by atoms with E-state index in [-0.39, 0.29) is 11.5 Å². The van der Waals surface area contributed by atoms with Crippen LogP contribution in [0.5, 0.6) is 0 Å². The maximum atomic E-state index is 11.7. The van der Waals surface area contributed by atoms with Crippen molar-refractivity contribution >= 4 is 38.6 Å². The summed E-state index contributed by atoms with van der Waals surface area (Å²) in [6, 6.07) is 4.73. The fraction of sp³-hybridized carbons (Fsp3) is 0.357. The summed E-state index contributed by atoms with van der Waals surface area (Å²) >= 11 is 1.29. The van der Waals surface area contributed by atoms with Gasteiger partial charge >= 0.3 is 5.97 Å². The van der Waals surface area contributed by atoms with E-state index < -0.39 is 5.97 Å². The van der Waals surface area contributed by atoms with Crippen molar-refractivity contribution in [3.05, 3.63) is 23.8 Å². The van der Waals surface area contributed by atoms with Crippen LogP contribution in [-0.4, -0.2) is 22.0 Å². The third-order valence-corrected chi connectivity index (χ3v) is 3.76. The fourth-order valence-corrected chi connectivity index (χ4v) is 2.63. The Morgan fingerprint density at radius 3 is 2.80 bits per heavy atom. The number of carbonyl (C=O) groups is 2. The number of hydrogen-bond donors (Lipinski definition) is 2. The molecule has 2 N–H and O–H groups in total. The summed E-state index contributed by atoms with van der Waals surface area (Å²) in [5, 5.41) is 12.2. The first-order valence-electron chi connectivity index (χ1n) is 6.39. The lowest BCUT2D eigenvalue weighted by Crippen LogP contribution is -2.11. The smallest absolute Gasteiger partial charge is 0.335 e. The molecule has 1 aromatic carbocycles. The second-order valence-corrected chi connectivity index (χ2v) is 6.02. The van der Waals surface area contributed by atoms with Gasteiger partial charge in [0.2, 0.25) is 5.91 Å². The lowest BCUT2D eigenvalue weighted by atomic mass is 10.1. The first-order chi connectivity index (χ1) is 9.45. The number of aromatic nitrogens is 1. The summed E-state index contributed by atoms with van der Waals surface area (Å²) in [4.78, 5) is 26.9. The number of carboxylic acids is 1. The first kappa shape index (κ1) is 14.5. The van der Waals surface area contributed by atoms with Crippen molar-refractivity contribution in [2.24, 2.45) is 5.92 Å². The van der Waals surface area contributed by atoms with Gasteiger partial charge in [-0.3, -0.25) is 4.79 Å². The molecule has 0 aliphatic rings. The molecule has 0 fully saturated rings. The molecule has 1 aromatic heterocycles. The van der Waals surface area contributed by atoms with E-state index >= 15 is 0 Å². The Kier molecular flexibility index (Phi) is 4.34. The van der Waals surface area contributed by atoms with E-state index in [2.05, 4.69) is 24.1 Å². The third kappa shape index (κ3) is 3.54. The van der Waals surface area contributed by atoms with Crippen LogP contribution in [0.15, 0.2) is 18.2 Å². The maximum Gasteiger partial charge on any atom is 0.335 e. The van der Waals surface area contributed by atoms with Crippen molar-refractivity contribution in [2.75, 3.05) is 5.32 Å². The summed E-state index contributed by atoms with van der Waals surface area (Å²) in [6.45, 7) is 4.14. The highest BCUT2D eigenvalue weighted by Crippen LogP contribution is 2.27. The molecule has 0 atom stereocenters. The summed E-state index contributed by atoms with van der Waals surface area (Å²) in [7, 11) is 0. The molecule has 0 bridgehead atoms. The van der Waals surface area contributed by atoms with Crippen LogP contribution < -0.4 is 5.32 Å². The minimum Gasteiger partial charge on any atom is -0.478 e. The number of carbonyl (C=O) groups excluding carboxylic acids is 1. The lowest BCUT2D eigenvalue weighted by Gasteiger charge is -2.03. The molecule has 2 rings (SSSR count). The maximum absolute atomic E-state index is 11.7. The number of nitrogens with zero attached hydrogens (tertiary/aromatic N) is 1. The highest BCUT2D eigenvalue weighted by molar-refractivity contribution is 7.22. The second kappa shape index (κ2) is 6.00. The number of nitrogens with one attached hydrogen (secondary N) is 1. The van der Waals surface area contributed by atoms with Crippen molar-refractivity contribution in [3.63, 3.8) is 0 Å². The molecule has 1 heterocycles. The van der Waals surface area contributed by atoms with Crippen LogP contribution in [0, 0.1) is 5.92 Å². The molecule has 2 aromatic rings. The number of aromatic carboxylic acids is 1. The molecular weight excluding hydrogens is 276 g/mol.